The minimum atomic E-state index is -0.765. The summed E-state index contributed by atoms with van der Waals surface area (Å²) in [5.41, 5.74) is 4.36. The molecule has 0 saturated heterocycles. The van der Waals surface area contributed by atoms with Gasteiger partial charge in [-0.2, -0.15) is 0 Å². The number of hydrogen-bond acceptors (Lipinski definition) is 1. The van der Waals surface area contributed by atoms with Gasteiger partial charge in [0.1, 0.15) is 0 Å². The van der Waals surface area contributed by atoms with Crippen molar-refractivity contribution in [2.75, 3.05) is 0 Å². The van der Waals surface area contributed by atoms with Crippen LogP contribution in [0.1, 0.15) is 51.2 Å². The Labute approximate surface area is 132 Å². The van der Waals surface area contributed by atoms with Crippen LogP contribution in [-0.4, -0.2) is 11.1 Å². The van der Waals surface area contributed by atoms with Gasteiger partial charge in [0.2, 0.25) is 0 Å². The third-order valence-corrected chi connectivity index (χ3v) is 4.13. The summed E-state index contributed by atoms with van der Waals surface area (Å²) in [6.45, 7) is 8.34. The van der Waals surface area contributed by atoms with Crippen molar-refractivity contribution in [3.63, 3.8) is 0 Å². The molecule has 2 rings (SSSR count). The Hall–Kier alpha value is -2.09. The lowest BCUT2D eigenvalue weighted by Gasteiger charge is -2.25. The van der Waals surface area contributed by atoms with Gasteiger partial charge < -0.3 is 5.11 Å². The maximum Gasteiger partial charge on any atom is 0.304 e. The Balaban J connectivity index is 2.55. The van der Waals surface area contributed by atoms with Crippen molar-refractivity contribution in [3.05, 3.63) is 59.7 Å². The summed E-state index contributed by atoms with van der Waals surface area (Å²) < 4.78 is 0. The van der Waals surface area contributed by atoms with Crippen LogP contribution in [0.15, 0.2) is 48.5 Å². The molecule has 0 aliphatic heterocycles. The lowest BCUT2D eigenvalue weighted by molar-refractivity contribution is -0.138. The molecule has 2 nitrogen and oxygen atoms in total. The minimum absolute atomic E-state index is 0.127. The van der Waals surface area contributed by atoms with Crippen LogP contribution in [0.2, 0.25) is 0 Å². The third-order valence-electron chi connectivity index (χ3n) is 4.13. The van der Waals surface area contributed by atoms with Gasteiger partial charge in [-0.1, -0.05) is 76.2 Å². The van der Waals surface area contributed by atoms with Crippen LogP contribution in [0.5, 0.6) is 0 Å². The molecule has 0 radical (unpaired) electrons. The van der Waals surface area contributed by atoms with Gasteiger partial charge in [0, 0.05) is 5.41 Å². The molecule has 0 unspecified atom stereocenters. The van der Waals surface area contributed by atoms with Crippen molar-refractivity contribution in [2.45, 2.75) is 45.4 Å². The SMILES string of the molecule is CC(C)c1ccc(C(C)(C)CC(=O)O)cc1-c1ccccc1. The highest BCUT2D eigenvalue weighted by Crippen LogP contribution is 2.35. The molecular formula is C20H24O2. The summed E-state index contributed by atoms with van der Waals surface area (Å²) in [6, 6.07) is 16.7. The molecule has 0 fully saturated rings. The van der Waals surface area contributed by atoms with E-state index in [0.717, 1.165) is 5.56 Å². The fraction of sp³-hybridized carbons (Fsp3) is 0.350. The van der Waals surface area contributed by atoms with Gasteiger partial charge >= 0.3 is 5.97 Å². The summed E-state index contributed by atoms with van der Waals surface area (Å²) in [6.07, 6.45) is 0.127. The second kappa shape index (κ2) is 6.35. The molecule has 2 aromatic carbocycles. The molecule has 2 heteroatoms. The maximum absolute atomic E-state index is 11.1. The number of aliphatic carboxylic acids is 1. The van der Waals surface area contributed by atoms with Crippen LogP contribution in [0.4, 0.5) is 0 Å². The Bertz CT molecular complexity index is 655. The van der Waals surface area contributed by atoms with Crippen LogP contribution in [0.25, 0.3) is 11.1 Å². The Morgan fingerprint density at radius 2 is 1.73 bits per heavy atom. The molecule has 0 aliphatic rings. The first-order valence-electron chi connectivity index (χ1n) is 7.73. The predicted octanol–water partition coefficient (Wildman–Crippen LogP) is 5.23. The van der Waals surface area contributed by atoms with E-state index in [0.29, 0.717) is 5.92 Å². The van der Waals surface area contributed by atoms with Crippen LogP contribution in [0, 0.1) is 0 Å². The zero-order valence-corrected chi connectivity index (χ0v) is 13.8. The molecular weight excluding hydrogens is 272 g/mol. The normalized spacial score (nSPS) is 11.7. The van der Waals surface area contributed by atoms with Crippen LogP contribution < -0.4 is 0 Å². The summed E-state index contributed by atoms with van der Waals surface area (Å²) in [5.74, 6) is -0.342. The Morgan fingerprint density at radius 1 is 1.09 bits per heavy atom. The molecule has 0 heterocycles. The number of benzene rings is 2. The van der Waals surface area contributed by atoms with Crippen molar-refractivity contribution in [2.24, 2.45) is 0 Å². The van der Waals surface area contributed by atoms with Crippen molar-refractivity contribution in [1.29, 1.82) is 0 Å². The Morgan fingerprint density at radius 3 is 2.27 bits per heavy atom. The highest BCUT2D eigenvalue weighted by atomic mass is 16.4. The van der Waals surface area contributed by atoms with Gasteiger partial charge in [0.05, 0.1) is 6.42 Å². The van der Waals surface area contributed by atoms with Crippen LogP contribution >= 0.6 is 0 Å². The number of carbonyl (C=O) groups is 1. The maximum atomic E-state index is 11.1. The van der Waals surface area contributed by atoms with Crippen molar-refractivity contribution in [3.8, 4) is 11.1 Å². The van der Waals surface area contributed by atoms with Crippen LogP contribution in [-0.2, 0) is 10.2 Å². The summed E-state index contributed by atoms with van der Waals surface area (Å²) >= 11 is 0. The quantitative estimate of drug-likeness (QED) is 0.820. The van der Waals surface area contributed by atoms with E-state index >= 15 is 0 Å². The van der Waals surface area contributed by atoms with Crippen molar-refractivity contribution < 1.29 is 9.90 Å². The van der Waals surface area contributed by atoms with E-state index in [1.54, 1.807) is 0 Å². The summed E-state index contributed by atoms with van der Waals surface area (Å²) in [4.78, 5) is 11.1. The number of rotatable bonds is 5. The van der Waals surface area contributed by atoms with Gasteiger partial charge in [-0.25, -0.2) is 0 Å². The van der Waals surface area contributed by atoms with Gasteiger partial charge in [-0.15, -0.1) is 0 Å². The fourth-order valence-electron chi connectivity index (χ4n) is 2.83. The number of carboxylic acid groups (broad SMARTS) is 1. The minimum Gasteiger partial charge on any atom is -0.481 e. The van der Waals surface area contributed by atoms with E-state index in [2.05, 4.69) is 44.2 Å². The molecule has 0 atom stereocenters. The van der Waals surface area contributed by atoms with Crippen molar-refractivity contribution in [1.82, 2.24) is 0 Å². The third kappa shape index (κ3) is 3.56. The molecule has 22 heavy (non-hydrogen) atoms. The first kappa shape index (κ1) is 16.3. The van der Waals surface area contributed by atoms with Gasteiger partial charge in [-0.05, 0) is 28.2 Å². The number of hydrogen-bond donors (Lipinski definition) is 1. The van der Waals surface area contributed by atoms with E-state index < -0.39 is 5.97 Å². The zero-order valence-electron chi connectivity index (χ0n) is 13.8. The molecule has 0 aliphatic carbocycles. The molecule has 1 N–H and O–H groups in total. The zero-order chi connectivity index (χ0) is 16.3. The van der Waals surface area contributed by atoms with E-state index in [1.165, 1.54) is 16.7 Å². The first-order chi connectivity index (χ1) is 10.3. The molecule has 0 spiro atoms. The highest BCUT2D eigenvalue weighted by molar-refractivity contribution is 5.71. The second-order valence-corrected chi connectivity index (χ2v) is 6.78. The van der Waals surface area contributed by atoms with Gasteiger partial charge in [0.25, 0.3) is 0 Å². The van der Waals surface area contributed by atoms with E-state index in [9.17, 15) is 4.79 Å². The monoisotopic (exact) mass is 296 g/mol. The lowest BCUT2D eigenvalue weighted by atomic mass is 9.79. The molecule has 2 aromatic rings. The fourth-order valence-corrected chi connectivity index (χ4v) is 2.83. The standard InChI is InChI=1S/C20H24O2/c1-14(2)17-11-10-16(20(3,4)13-19(21)22)12-18(17)15-8-6-5-7-9-15/h5-12,14H,13H2,1-4H3,(H,21,22). The largest absolute Gasteiger partial charge is 0.481 e. The predicted molar refractivity (Wildman–Crippen MR) is 91.2 cm³/mol. The molecule has 0 amide bonds. The molecule has 0 saturated carbocycles. The summed E-state index contributed by atoms with van der Waals surface area (Å²) in [5, 5.41) is 9.14. The van der Waals surface area contributed by atoms with E-state index in [4.69, 9.17) is 5.11 Å². The molecule has 0 bridgehead atoms. The van der Waals surface area contributed by atoms with E-state index in [1.807, 2.05) is 32.0 Å². The van der Waals surface area contributed by atoms with Crippen LogP contribution in [0.3, 0.4) is 0 Å². The smallest absolute Gasteiger partial charge is 0.304 e. The van der Waals surface area contributed by atoms with Gasteiger partial charge in [-0.3, -0.25) is 4.79 Å². The van der Waals surface area contributed by atoms with Gasteiger partial charge in [0.15, 0.2) is 0 Å². The van der Waals surface area contributed by atoms with Crippen molar-refractivity contribution >= 4 is 5.97 Å². The highest BCUT2D eigenvalue weighted by Gasteiger charge is 2.25. The summed E-state index contributed by atoms with van der Waals surface area (Å²) in [7, 11) is 0. The average Bonchev–Trinajstić information content (AvgIpc) is 2.46. The second-order valence-electron chi connectivity index (χ2n) is 6.78. The van der Waals surface area contributed by atoms with E-state index in [-0.39, 0.29) is 11.8 Å². The number of carboxylic acids is 1. The topological polar surface area (TPSA) is 37.3 Å². The Kier molecular flexibility index (Phi) is 4.70. The first-order valence-corrected chi connectivity index (χ1v) is 7.73. The molecule has 116 valence electrons. The molecule has 0 aromatic heterocycles. The average molecular weight is 296 g/mol. The lowest BCUT2D eigenvalue weighted by Crippen LogP contribution is -2.21.